The minimum absolute atomic E-state index is 0.316. The fourth-order valence-electron chi connectivity index (χ4n) is 3.69. The first-order valence-corrected chi connectivity index (χ1v) is 10.1. The number of hydrogen-bond donors (Lipinski definition) is 1. The molecule has 0 amide bonds. The number of β-amino-alcohol motifs (C(OH)–C–C–N with tert-alkyl or cyclic N) is 1. The van der Waals surface area contributed by atoms with Gasteiger partial charge in [0.05, 0.1) is 12.8 Å². The van der Waals surface area contributed by atoms with Crippen molar-refractivity contribution >= 4 is 5.69 Å². The number of piperazine rings is 1. The maximum atomic E-state index is 10.5. The Morgan fingerprint density at radius 2 is 1.57 bits per heavy atom. The number of para-hydroxylation sites is 3. The average Bonchev–Trinajstić information content (AvgIpc) is 2.73. The zero-order valence-corrected chi connectivity index (χ0v) is 17.2. The van der Waals surface area contributed by atoms with Crippen molar-refractivity contribution in [1.29, 1.82) is 0 Å². The molecular formula is C23H32N2O3. The third kappa shape index (κ3) is 5.18. The predicted molar refractivity (Wildman–Crippen MR) is 114 cm³/mol. The van der Waals surface area contributed by atoms with Crippen LogP contribution in [0.25, 0.3) is 0 Å². The Bertz CT molecular complexity index is 742. The molecule has 0 aromatic heterocycles. The second-order valence-corrected chi connectivity index (χ2v) is 7.62. The summed E-state index contributed by atoms with van der Waals surface area (Å²) in [6.45, 7) is 8.92. The molecule has 2 aromatic rings. The van der Waals surface area contributed by atoms with Crippen LogP contribution in [0.4, 0.5) is 5.69 Å². The number of aliphatic hydroxyl groups excluding tert-OH is 1. The van der Waals surface area contributed by atoms with Gasteiger partial charge in [0.25, 0.3) is 0 Å². The van der Waals surface area contributed by atoms with Gasteiger partial charge >= 0.3 is 0 Å². The summed E-state index contributed by atoms with van der Waals surface area (Å²) in [5.74, 6) is 2.18. The fraction of sp³-hybridized carbons (Fsp3) is 0.478. The lowest BCUT2D eigenvalue weighted by Crippen LogP contribution is -2.49. The summed E-state index contributed by atoms with van der Waals surface area (Å²) in [4.78, 5) is 4.64. The van der Waals surface area contributed by atoms with Crippen LogP contribution >= 0.6 is 0 Å². The third-order valence-electron chi connectivity index (χ3n) is 5.24. The van der Waals surface area contributed by atoms with E-state index in [9.17, 15) is 5.11 Å². The summed E-state index contributed by atoms with van der Waals surface area (Å²) in [7, 11) is 1.71. The Balaban J connectivity index is 1.47. The summed E-state index contributed by atoms with van der Waals surface area (Å²) < 4.78 is 11.4. The average molecular weight is 385 g/mol. The van der Waals surface area contributed by atoms with Gasteiger partial charge in [0.2, 0.25) is 0 Å². The van der Waals surface area contributed by atoms with Gasteiger partial charge in [0, 0.05) is 32.7 Å². The molecule has 1 N–H and O–H groups in total. The van der Waals surface area contributed by atoms with Crippen molar-refractivity contribution < 1.29 is 14.6 Å². The number of ether oxygens (including phenoxy) is 2. The number of benzene rings is 2. The molecule has 0 aliphatic carbocycles. The van der Waals surface area contributed by atoms with Crippen LogP contribution in [-0.4, -0.2) is 62.6 Å². The van der Waals surface area contributed by atoms with Crippen LogP contribution in [0, 0.1) is 0 Å². The van der Waals surface area contributed by atoms with Gasteiger partial charge in [0.1, 0.15) is 24.2 Å². The molecule has 28 heavy (non-hydrogen) atoms. The Labute approximate surface area is 168 Å². The summed E-state index contributed by atoms with van der Waals surface area (Å²) in [6, 6.07) is 16.2. The summed E-state index contributed by atoms with van der Waals surface area (Å²) >= 11 is 0. The number of nitrogens with zero attached hydrogens (tertiary/aromatic N) is 2. The molecule has 2 aromatic carbocycles. The number of methoxy groups -OCH3 is 1. The van der Waals surface area contributed by atoms with E-state index in [0.29, 0.717) is 19.1 Å². The largest absolute Gasteiger partial charge is 0.495 e. The Kier molecular flexibility index (Phi) is 7.18. The van der Waals surface area contributed by atoms with E-state index in [4.69, 9.17) is 9.47 Å². The van der Waals surface area contributed by atoms with Crippen LogP contribution < -0.4 is 14.4 Å². The first kappa shape index (κ1) is 20.5. The first-order valence-electron chi connectivity index (χ1n) is 10.1. The van der Waals surface area contributed by atoms with E-state index in [0.717, 1.165) is 43.4 Å². The molecule has 1 aliphatic rings. The summed E-state index contributed by atoms with van der Waals surface area (Å²) in [5, 5.41) is 10.5. The molecule has 0 spiro atoms. The highest BCUT2D eigenvalue weighted by Crippen LogP contribution is 2.28. The van der Waals surface area contributed by atoms with Gasteiger partial charge in [0.15, 0.2) is 0 Å². The van der Waals surface area contributed by atoms with Crippen molar-refractivity contribution in [2.45, 2.75) is 25.9 Å². The van der Waals surface area contributed by atoms with Crippen molar-refractivity contribution in [3.8, 4) is 11.5 Å². The summed E-state index contributed by atoms with van der Waals surface area (Å²) in [5.41, 5.74) is 2.32. The van der Waals surface area contributed by atoms with Crippen molar-refractivity contribution in [3.63, 3.8) is 0 Å². The van der Waals surface area contributed by atoms with Crippen LogP contribution in [0.3, 0.4) is 0 Å². The van der Waals surface area contributed by atoms with Gasteiger partial charge in [-0.1, -0.05) is 44.2 Å². The molecule has 5 heteroatoms. The highest BCUT2D eigenvalue weighted by atomic mass is 16.5. The topological polar surface area (TPSA) is 45.2 Å². The number of aliphatic hydroxyl groups is 1. The third-order valence-corrected chi connectivity index (χ3v) is 5.24. The van der Waals surface area contributed by atoms with Crippen LogP contribution in [0.1, 0.15) is 25.3 Å². The Morgan fingerprint density at radius 3 is 2.25 bits per heavy atom. The predicted octanol–water partition coefficient (Wildman–Crippen LogP) is 3.38. The number of hydrogen-bond acceptors (Lipinski definition) is 5. The molecule has 1 atom stereocenters. The fourth-order valence-corrected chi connectivity index (χ4v) is 3.69. The maximum absolute atomic E-state index is 10.5. The molecule has 1 aliphatic heterocycles. The maximum Gasteiger partial charge on any atom is 0.142 e. The van der Waals surface area contributed by atoms with Crippen LogP contribution in [0.2, 0.25) is 0 Å². The van der Waals surface area contributed by atoms with E-state index in [1.54, 1.807) is 7.11 Å². The molecule has 152 valence electrons. The highest BCUT2D eigenvalue weighted by Gasteiger charge is 2.21. The quantitative estimate of drug-likeness (QED) is 0.756. The zero-order valence-electron chi connectivity index (χ0n) is 17.2. The van der Waals surface area contributed by atoms with Crippen LogP contribution in [0.15, 0.2) is 48.5 Å². The minimum Gasteiger partial charge on any atom is -0.495 e. The standard InChI is InChI=1S/C23H32N2O3/c1-18(2)20-8-4-6-10-22(20)28-17-19(26)16-24-12-14-25(15-13-24)21-9-5-7-11-23(21)27-3/h4-11,18-19,26H,12-17H2,1-3H3/t19-/m1/s1. The Morgan fingerprint density at radius 1 is 0.929 bits per heavy atom. The molecule has 0 radical (unpaired) electrons. The highest BCUT2D eigenvalue weighted by molar-refractivity contribution is 5.58. The lowest BCUT2D eigenvalue weighted by molar-refractivity contribution is 0.0658. The van der Waals surface area contributed by atoms with E-state index in [1.165, 1.54) is 5.56 Å². The molecule has 3 rings (SSSR count). The molecule has 0 bridgehead atoms. The van der Waals surface area contributed by atoms with E-state index >= 15 is 0 Å². The van der Waals surface area contributed by atoms with E-state index in [-0.39, 0.29) is 0 Å². The van der Waals surface area contributed by atoms with Gasteiger partial charge in [-0.25, -0.2) is 0 Å². The number of rotatable bonds is 8. The van der Waals surface area contributed by atoms with Gasteiger partial charge in [-0.3, -0.25) is 4.90 Å². The molecular weight excluding hydrogens is 352 g/mol. The number of anilines is 1. The first-order chi connectivity index (χ1) is 13.6. The van der Waals surface area contributed by atoms with Crippen molar-refractivity contribution in [2.75, 3.05) is 51.3 Å². The zero-order chi connectivity index (χ0) is 19.9. The summed E-state index contributed by atoms with van der Waals surface area (Å²) in [6.07, 6.45) is -0.502. The second kappa shape index (κ2) is 9.80. The molecule has 1 saturated heterocycles. The van der Waals surface area contributed by atoms with E-state index in [2.05, 4.69) is 35.8 Å². The van der Waals surface area contributed by atoms with Gasteiger partial charge < -0.3 is 19.5 Å². The van der Waals surface area contributed by atoms with Crippen molar-refractivity contribution in [2.24, 2.45) is 0 Å². The van der Waals surface area contributed by atoms with Gasteiger partial charge in [-0.15, -0.1) is 0 Å². The van der Waals surface area contributed by atoms with Crippen LogP contribution in [-0.2, 0) is 0 Å². The normalized spacial score (nSPS) is 16.2. The molecule has 1 heterocycles. The van der Waals surface area contributed by atoms with Gasteiger partial charge in [-0.2, -0.15) is 0 Å². The van der Waals surface area contributed by atoms with E-state index in [1.807, 2.05) is 36.4 Å². The lowest BCUT2D eigenvalue weighted by atomic mass is 10.0. The van der Waals surface area contributed by atoms with Crippen molar-refractivity contribution in [1.82, 2.24) is 4.90 Å². The van der Waals surface area contributed by atoms with Gasteiger partial charge in [-0.05, 0) is 29.7 Å². The minimum atomic E-state index is -0.502. The second-order valence-electron chi connectivity index (χ2n) is 7.62. The van der Waals surface area contributed by atoms with Crippen molar-refractivity contribution in [3.05, 3.63) is 54.1 Å². The molecule has 1 fully saturated rings. The molecule has 0 saturated carbocycles. The Hall–Kier alpha value is -2.24. The monoisotopic (exact) mass is 384 g/mol. The van der Waals surface area contributed by atoms with Crippen LogP contribution in [0.5, 0.6) is 11.5 Å². The SMILES string of the molecule is COc1ccccc1N1CCN(C[C@@H](O)COc2ccccc2C(C)C)CC1. The van der Waals surface area contributed by atoms with E-state index < -0.39 is 6.10 Å². The molecule has 0 unspecified atom stereocenters. The lowest BCUT2D eigenvalue weighted by Gasteiger charge is -2.37. The smallest absolute Gasteiger partial charge is 0.142 e. The molecule has 5 nitrogen and oxygen atoms in total.